The first-order valence-corrected chi connectivity index (χ1v) is 12.7. The predicted molar refractivity (Wildman–Crippen MR) is 138 cm³/mol. The lowest BCUT2D eigenvalue weighted by Crippen LogP contribution is -2.46. The van der Waals surface area contributed by atoms with Crippen LogP contribution in [-0.4, -0.2) is 43.4 Å². The van der Waals surface area contributed by atoms with Crippen molar-refractivity contribution < 1.29 is 35.9 Å². The molecule has 0 saturated heterocycles. The topological polar surface area (TPSA) is 108 Å². The molecule has 1 atom stereocenters. The van der Waals surface area contributed by atoms with E-state index in [-0.39, 0.29) is 30.1 Å². The van der Waals surface area contributed by atoms with Crippen LogP contribution in [0.25, 0.3) is 0 Å². The van der Waals surface area contributed by atoms with E-state index in [9.17, 15) is 45.5 Å². The molecule has 2 aromatic carbocycles. The highest BCUT2D eigenvalue weighted by atomic mass is 19.4. The van der Waals surface area contributed by atoms with Gasteiger partial charge < -0.3 is 20.9 Å². The van der Waals surface area contributed by atoms with Crippen molar-refractivity contribution in [2.45, 2.75) is 70.3 Å². The number of rotatable bonds is 14. The van der Waals surface area contributed by atoms with Gasteiger partial charge >= 0.3 is 12.4 Å². The average molecular weight is 579 g/mol. The van der Waals surface area contributed by atoms with Crippen molar-refractivity contribution in [2.75, 3.05) is 31.3 Å². The molecule has 40 heavy (non-hydrogen) atoms. The van der Waals surface area contributed by atoms with Gasteiger partial charge in [0.05, 0.1) is 11.1 Å². The smallest absolute Gasteiger partial charge is 0.380 e. The zero-order chi connectivity index (χ0) is 30.3. The molecular weight excluding hydrogens is 546 g/mol. The van der Waals surface area contributed by atoms with Gasteiger partial charge in [0.1, 0.15) is 17.4 Å². The van der Waals surface area contributed by atoms with Crippen molar-refractivity contribution in [2.24, 2.45) is 0 Å². The molecule has 0 bridgehead atoms. The van der Waals surface area contributed by atoms with E-state index < -0.39 is 51.8 Å². The standard InChI is InChI=1S/C26H32F6N4O4/c1-4-5-6-10-19(37)35-18(24(40)36(2)3)9-7-8-11-33-20-21(23(39)22(20)38)34-17-13-15(25(27,28)29)12-16(14-17)26(30,31)32/h12-14,18,33-34H,4-11H2,1-3H3,(H,35,37)/t18-/m0/s1. The van der Waals surface area contributed by atoms with E-state index in [0.717, 1.165) is 12.8 Å². The van der Waals surface area contributed by atoms with Crippen LogP contribution < -0.4 is 26.8 Å². The zero-order valence-corrected chi connectivity index (χ0v) is 22.3. The van der Waals surface area contributed by atoms with Crippen molar-refractivity contribution in [3.8, 4) is 0 Å². The van der Waals surface area contributed by atoms with E-state index in [1.165, 1.54) is 4.90 Å². The highest BCUT2D eigenvalue weighted by Gasteiger charge is 2.37. The molecule has 3 N–H and O–H groups in total. The molecule has 0 aliphatic rings. The zero-order valence-electron chi connectivity index (χ0n) is 22.3. The number of likely N-dealkylation sites (N-methyl/N-ethyl adjacent to an activating group) is 1. The molecule has 2 amide bonds. The molecule has 8 nitrogen and oxygen atoms in total. The summed E-state index contributed by atoms with van der Waals surface area (Å²) >= 11 is 0. The van der Waals surface area contributed by atoms with Crippen LogP contribution in [0.3, 0.4) is 0 Å². The number of anilines is 3. The van der Waals surface area contributed by atoms with Crippen LogP contribution in [0.15, 0.2) is 27.8 Å². The Balaban J connectivity index is 2.03. The molecule has 0 saturated carbocycles. The van der Waals surface area contributed by atoms with E-state index in [4.69, 9.17) is 0 Å². The number of nitrogens with zero attached hydrogens (tertiary/aromatic N) is 1. The Hall–Kier alpha value is -3.58. The first-order chi connectivity index (χ1) is 18.6. The average Bonchev–Trinajstić information content (AvgIpc) is 2.87. The fourth-order valence-electron chi connectivity index (χ4n) is 3.91. The SMILES string of the molecule is CCCCCC(=O)N[C@@H](CCCCNc1c(Nc2cc(C(F)(F)F)cc(C(F)(F)F)c2)c(=O)c1=O)C(=O)N(C)C. The summed E-state index contributed by atoms with van der Waals surface area (Å²) in [6.45, 7) is 2.12. The van der Waals surface area contributed by atoms with Gasteiger partial charge in [-0.2, -0.15) is 26.3 Å². The summed E-state index contributed by atoms with van der Waals surface area (Å²) in [5.41, 5.74) is -6.56. The summed E-state index contributed by atoms with van der Waals surface area (Å²) in [7, 11) is 3.12. The molecule has 14 heteroatoms. The van der Waals surface area contributed by atoms with Crippen LogP contribution in [0, 0.1) is 0 Å². The summed E-state index contributed by atoms with van der Waals surface area (Å²) in [6, 6.07) is 0.0215. The minimum absolute atomic E-state index is 0.0472. The molecular formula is C26H32F6N4O4. The monoisotopic (exact) mass is 578 g/mol. The second-order valence-electron chi connectivity index (χ2n) is 9.56. The van der Waals surface area contributed by atoms with Crippen molar-refractivity contribution >= 4 is 28.9 Å². The van der Waals surface area contributed by atoms with Crippen molar-refractivity contribution in [3.05, 3.63) is 49.8 Å². The minimum Gasteiger partial charge on any atom is -0.380 e. The number of hydrogen-bond donors (Lipinski definition) is 3. The van der Waals surface area contributed by atoms with Gasteiger partial charge in [0.15, 0.2) is 0 Å². The summed E-state index contributed by atoms with van der Waals surface area (Å²) in [4.78, 5) is 50.0. The van der Waals surface area contributed by atoms with Gasteiger partial charge in [0.25, 0.3) is 10.9 Å². The third-order valence-electron chi connectivity index (χ3n) is 6.07. The number of amides is 2. The number of nitrogens with one attached hydrogen (secondary N) is 3. The van der Waals surface area contributed by atoms with Crippen molar-refractivity contribution in [3.63, 3.8) is 0 Å². The van der Waals surface area contributed by atoms with Crippen LogP contribution in [0.2, 0.25) is 0 Å². The van der Waals surface area contributed by atoms with E-state index in [1.54, 1.807) is 14.1 Å². The third kappa shape index (κ3) is 8.98. The van der Waals surface area contributed by atoms with Crippen LogP contribution in [-0.2, 0) is 21.9 Å². The number of carbonyl (C=O) groups excluding carboxylic acids is 2. The van der Waals surface area contributed by atoms with E-state index in [0.29, 0.717) is 44.2 Å². The molecule has 0 aromatic heterocycles. The summed E-state index contributed by atoms with van der Waals surface area (Å²) in [5, 5.41) is 7.62. The fourth-order valence-corrected chi connectivity index (χ4v) is 3.91. The number of halogens is 6. The fraction of sp³-hybridized carbons (Fsp3) is 0.538. The maximum atomic E-state index is 13.1. The Morgan fingerprint density at radius 1 is 0.850 bits per heavy atom. The Bertz CT molecular complexity index is 1220. The molecule has 222 valence electrons. The molecule has 0 aliphatic carbocycles. The van der Waals surface area contributed by atoms with Gasteiger partial charge in [0, 0.05) is 32.7 Å². The Labute approximate surface area is 226 Å². The lowest BCUT2D eigenvalue weighted by molar-refractivity contribution is -0.143. The largest absolute Gasteiger partial charge is 0.416 e. The lowest BCUT2D eigenvalue weighted by Gasteiger charge is -2.22. The minimum atomic E-state index is -5.08. The second-order valence-corrected chi connectivity index (χ2v) is 9.56. The van der Waals surface area contributed by atoms with Crippen molar-refractivity contribution in [1.29, 1.82) is 0 Å². The van der Waals surface area contributed by atoms with E-state index >= 15 is 0 Å². The highest BCUT2D eigenvalue weighted by molar-refractivity contribution is 5.87. The first-order valence-electron chi connectivity index (χ1n) is 12.7. The molecule has 0 heterocycles. The number of benzene rings is 1. The Morgan fingerprint density at radius 2 is 1.43 bits per heavy atom. The predicted octanol–water partition coefficient (Wildman–Crippen LogP) is 4.80. The van der Waals surface area contributed by atoms with Gasteiger partial charge in [-0.3, -0.25) is 19.2 Å². The molecule has 0 unspecified atom stereocenters. The summed E-state index contributed by atoms with van der Waals surface area (Å²) in [6.07, 6.45) is -6.24. The molecule has 0 spiro atoms. The van der Waals surface area contributed by atoms with Crippen LogP contribution >= 0.6 is 0 Å². The second kappa shape index (κ2) is 13.7. The summed E-state index contributed by atoms with van der Waals surface area (Å²) in [5.74, 6) is -0.528. The lowest BCUT2D eigenvalue weighted by atomic mass is 10.1. The number of hydrogen-bond acceptors (Lipinski definition) is 6. The van der Waals surface area contributed by atoms with Gasteiger partial charge in [-0.05, 0) is 43.9 Å². The molecule has 2 aromatic rings. The Morgan fingerprint density at radius 3 is 1.95 bits per heavy atom. The number of unbranched alkanes of at least 4 members (excludes halogenated alkanes) is 3. The van der Waals surface area contributed by atoms with Gasteiger partial charge in [0.2, 0.25) is 11.8 Å². The molecule has 2 rings (SSSR count). The quantitative estimate of drug-likeness (QED) is 0.169. The number of carbonyl (C=O) groups is 2. The number of alkyl halides is 6. The highest BCUT2D eigenvalue weighted by Crippen LogP contribution is 2.38. The van der Waals surface area contributed by atoms with Gasteiger partial charge in [-0.15, -0.1) is 0 Å². The first kappa shape index (κ1) is 32.6. The maximum Gasteiger partial charge on any atom is 0.416 e. The molecule has 0 fully saturated rings. The van der Waals surface area contributed by atoms with Gasteiger partial charge in [-0.25, -0.2) is 0 Å². The van der Waals surface area contributed by atoms with Crippen LogP contribution in [0.1, 0.15) is 63.0 Å². The van der Waals surface area contributed by atoms with Gasteiger partial charge in [-0.1, -0.05) is 19.8 Å². The van der Waals surface area contributed by atoms with E-state index in [2.05, 4.69) is 16.0 Å². The molecule has 0 radical (unpaired) electrons. The maximum absolute atomic E-state index is 13.1. The third-order valence-corrected chi connectivity index (χ3v) is 6.07. The normalized spacial score (nSPS) is 12.7. The summed E-state index contributed by atoms with van der Waals surface area (Å²) < 4.78 is 78.8. The van der Waals surface area contributed by atoms with Crippen molar-refractivity contribution in [1.82, 2.24) is 10.2 Å². The molecule has 0 aliphatic heterocycles. The van der Waals surface area contributed by atoms with Crippen LogP contribution in [0.5, 0.6) is 0 Å². The van der Waals surface area contributed by atoms with E-state index in [1.807, 2.05) is 6.92 Å². The van der Waals surface area contributed by atoms with Crippen LogP contribution in [0.4, 0.5) is 43.4 Å². The Kier molecular flexibility index (Phi) is 11.1.